The summed E-state index contributed by atoms with van der Waals surface area (Å²) in [4.78, 5) is 4.23. The summed E-state index contributed by atoms with van der Waals surface area (Å²) < 4.78 is 1.92. The first-order valence-electron chi connectivity index (χ1n) is 5.71. The number of aryl methyl sites for hydroxylation is 1. The fourth-order valence-electron chi connectivity index (χ4n) is 1.99. The maximum absolute atomic E-state index is 4.26. The monoisotopic (exact) mass is 218 g/mol. The molecule has 0 aromatic carbocycles. The van der Waals surface area contributed by atoms with Gasteiger partial charge in [0, 0.05) is 18.2 Å². The SMILES string of the molecule is CCC(Cc1cc(C)cc2ncnn12)NC. The molecule has 0 spiro atoms. The molecule has 4 heteroatoms. The van der Waals surface area contributed by atoms with Crippen molar-refractivity contribution in [2.75, 3.05) is 7.05 Å². The van der Waals surface area contributed by atoms with Crippen LogP contribution in [0.5, 0.6) is 0 Å². The fourth-order valence-corrected chi connectivity index (χ4v) is 1.99. The zero-order valence-electron chi connectivity index (χ0n) is 10.1. The number of hydrogen-bond acceptors (Lipinski definition) is 3. The minimum absolute atomic E-state index is 0.495. The first-order valence-corrected chi connectivity index (χ1v) is 5.71. The lowest BCUT2D eigenvalue weighted by Crippen LogP contribution is -2.27. The zero-order chi connectivity index (χ0) is 11.5. The molecule has 0 aliphatic carbocycles. The van der Waals surface area contributed by atoms with E-state index >= 15 is 0 Å². The number of fused-ring (bicyclic) bond motifs is 1. The van der Waals surface area contributed by atoms with Gasteiger partial charge in [-0.05, 0) is 38.1 Å². The summed E-state index contributed by atoms with van der Waals surface area (Å²) in [6.45, 7) is 4.29. The summed E-state index contributed by atoms with van der Waals surface area (Å²) in [5.74, 6) is 0. The molecule has 0 fully saturated rings. The normalized spacial score (nSPS) is 13.2. The van der Waals surface area contributed by atoms with E-state index in [9.17, 15) is 0 Å². The highest BCUT2D eigenvalue weighted by Gasteiger charge is 2.09. The van der Waals surface area contributed by atoms with E-state index in [4.69, 9.17) is 0 Å². The van der Waals surface area contributed by atoms with Crippen molar-refractivity contribution in [2.45, 2.75) is 32.7 Å². The van der Waals surface area contributed by atoms with Crippen molar-refractivity contribution in [1.82, 2.24) is 19.9 Å². The number of aromatic nitrogens is 3. The molecule has 2 aromatic rings. The van der Waals surface area contributed by atoms with Crippen molar-refractivity contribution in [3.63, 3.8) is 0 Å². The van der Waals surface area contributed by atoms with Gasteiger partial charge in [-0.15, -0.1) is 0 Å². The highest BCUT2D eigenvalue weighted by Crippen LogP contribution is 2.11. The van der Waals surface area contributed by atoms with Gasteiger partial charge >= 0.3 is 0 Å². The van der Waals surface area contributed by atoms with Crippen molar-refractivity contribution in [3.8, 4) is 0 Å². The number of rotatable bonds is 4. The first kappa shape index (κ1) is 11.1. The molecule has 2 aromatic heterocycles. The second-order valence-electron chi connectivity index (χ2n) is 4.15. The Balaban J connectivity index is 2.38. The highest BCUT2D eigenvalue weighted by molar-refractivity contribution is 5.41. The molecule has 2 rings (SSSR count). The molecule has 0 saturated heterocycles. The third-order valence-corrected chi connectivity index (χ3v) is 2.95. The van der Waals surface area contributed by atoms with Gasteiger partial charge in [0.15, 0.2) is 5.65 Å². The van der Waals surface area contributed by atoms with E-state index in [0.29, 0.717) is 6.04 Å². The second kappa shape index (κ2) is 4.61. The van der Waals surface area contributed by atoms with E-state index in [2.05, 4.69) is 41.4 Å². The summed E-state index contributed by atoms with van der Waals surface area (Å²) in [5.41, 5.74) is 3.39. The Morgan fingerprint density at radius 1 is 1.44 bits per heavy atom. The molecular weight excluding hydrogens is 200 g/mol. The van der Waals surface area contributed by atoms with Crippen molar-refractivity contribution in [2.24, 2.45) is 0 Å². The molecule has 16 heavy (non-hydrogen) atoms. The summed E-state index contributed by atoms with van der Waals surface area (Å²) in [6.07, 6.45) is 3.70. The van der Waals surface area contributed by atoms with Crippen molar-refractivity contribution >= 4 is 5.65 Å². The van der Waals surface area contributed by atoms with E-state index in [0.717, 1.165) is 18.5 Å². The summed E-state index contributed by atoms with van der Waals surface area (Å²) in [7, 11) is 2.00. The van der Waals surface area contributed by atoms with Gasteiger partial charge in [-0.3, -0.25) is 0 Å². The topological polar surface area (TPSA) is 42.2 Å². The van der Waals surface area contributed by atoms with Gasteiger partial charge in [-0.25, -0.2) is 9.50 Å². The minimum Gasteiger partial charge on any atom is -0.317 e. The highest BCUT2D eigenvalue weighted by atomic mass is 15.3. The molecule has 4 nitrogen and oxygen atoms in total. The minimum atomic E-state index is 0.495. The predicted molar refractivity (Wildman–Crippen MR) is 64.6 cm³/mol. The third kappa shape index (κ3) is 2.07. The largest absolute Gasteiger partial charge is 0.317 e. The van der Waals surface area contributed by atoms with Crippen molar-refractivity contribution in [1.29, 1.82) is 0 Å². The van der Waals surface area contributed by atoms with Gasteiger partial charge in [0.1, 0.15) is 6.33 Å². The van der Waals surface area contributed by atoms with Gasteiger partial charge in [0.05, 0.1) is 0 Å². The van der Waals surface area contributed by atoms with Crippen molar-refractivity contribution in [3.05, 3.63) is 29.7 Å². The number of hydrogen-bond donors (Lipinski definition) is 1. The van der Waals surface area contributed by atoms with E-state index in [1.165, 1.54) is 11.3 Å². The Morgan fingerprint density at radius 3 is 2.94 bits per heavy atom. The standard InChI is InChI=1S/C12H18N4/c1-4-10(13-3)7-11-5-9(2)6-12-14-8-15-16(11)12/h5-6,8,10,13H,4,7H2,1-3H3. The average molecular weight is 218 g/mol. The van der Waals surface area contributed by atoms with Crippen LogP contribution in [0, 0.1) is 6.92 Å². The van der Waals surface area contributed by atoms with Gasteiger partial charge in [-0.2, -0.15) is 5.10 Å². The van der Waals surface area contributed by atoms with Crippen LogP contribution in [-0.4, -0.2) is 27.7 Å². The number of nitrogens with zero attached hydrogens (tertiary/aromatic N) is 3. The average Bonchev–Trinajstić information content (AvgIpc) is 2.73. The van der Waals surface area contributed by atoms with Gasteiger partial charge < -0.3 is 5.32 Å². The molecule has 0 bridgehead atoms. The van der Waals surface area contributed by atoms with E-state index in [1.54, 1.807) is 6.33 Å². The van der Waals surface area contributed by atoms with Crippen LogP contribution in [0.3, 0.4) is 0 Å². The number of likely N-dealkylation sites (N-methyl/N-ethyl adjacent to an activating group) is 1. The van der Waals surface area contributed by atoms with Crippen LogP contribution in [0.1, 0.15) is 24.6 Å². The Labute approximate surface area is 95.7 Å². The third-order valence-electron chi connectivity index (χ3n) is 2.95. The molecular formula is C12H18N4. The molecule has 1 N–H and O–H groups in total. The molecule has 0 saturated carbocycles. The number of pyridine rings is 1. The van der Waals surface area contributed by atoms with Crippen molar-refractivity contribution < 1.29 is 0 Å². The second-order valence-corrected chi connectivity index (χ2v) is 4.15. The quantitative estimate of drug-likeness (QED) is 0.847. The lowest BCUT2D eigenvalue weighted by molar-refractivity contribution is 0.531. The maximum atomic E-state index is 4.26. The number of nitrogens with one attached hydrogen (secondary N) is 1. The lowest BCUT2D eigenvalue weighted by atomic mass is 10.1. The van der Waals surface area contributed by atoms with Crippen LogP contribution in [0.4, 0.5) is 0 Å². The summed E-state index contributed by atoms with van der Waals surface area (Å²) in [6, 6.07) is 4.73. The van der Waals surface area contributed by atoms with Crippen LogP contribution >= 0.6 is 0 Å². The van der Waals surface area contributed by atoms with Crippen LogP contribution in [-0.2, 0) is 6.42 Å². The summed E-state index contributed by atoms with van der Waals surface area (Å²) in [5, 5.41) is 7.57. The maximum Gasteiger partial charge on any atom is 0.155 e. The molecule has 0 aliphatic rings. The smallest absolute Gasteiger partial charge is 0.155 e. The van der Waals surface area contributed by atoms with Crippen LogP contribution in [0.15, 0.2) is 18.5 Å². The lowest BCUT2D eigenvalue weighted by Gasteiger charge is -2.14. The summed E-state index contributed by atoms with van der Waals surface area (Å²) >= 11 is 0. The molecule has 0 aliphatic heterocycles. The molecule has 1 atom stereocenters. The van der Waals surface area contributed by atoms with E-state index < -0.39 is 0 Å². The van der Waals surface area contributed by atoms with Gasteiger partial charge in [-0.1, -0.05) is 6.92 Å². The molecule has 0 radical (unpaired) electrons. The molecule has 0 amide bonds. The van der Waals surface area contributed by atoms with Crippen LogP contribution in [0.2, 0.25) is 0 Å². The zero-order valence-corrected chi connectivity index (χ0v) is 10.1. The Kier molecular flexibility index (Phi) is 3.19. The van der Waals surface area contributed by atoms with E-state index in [-0.39, 0.29) is 0 Å². The first-order chi connectivity index (χ1) is 7.74. The van der Waals surface area contributed by atoms with Gasteiger partial charge in [0.25, 0.3) is 0 Å². The molecule has 1 unspecified atom stereocenters. The molecule has 86 valence electrons. The van der Waals surface area contributed by atoms with Crippen LogP contribution in [0.25, 0.3) is 5.65 Å². The predicted octanol–water partition coefficient (Wildman–Crippen LogP) is 1.58. The van der Waals surface area contributed by atoms with Gasteiger partial charge in [0.2, 0.25) is 0 Å². The fraction of sp³-hybridized carbons (Fsp3) is 0.500. The Morgan fingerprint density at radius 2 is 2.25 bits per heavy atom. The Hall–Kier alpha value is -1.42. The van der Waals surface area contributed by atoms with E-state index in [1.807, 2.05) is 11.6 Å². The molecule has 2 heterocycles. The van der Waals surface area contributed by atoms with Crippen LogP contribution < -0.4 is 5.32 Å². The Bertz CT molecular complexity index is 471.